The highest BCUT2D eigenvalue weighted by Gasteiger charge is 2.16. The summed E-state index contributed by atoms with van der Waals surface area (Å²) in [6, 6.07) is -1.51. The van der Waals surface area contributed by atoms with E-state index in [2.05, 4.69) is 10.6 Å². The van der Waals surface area contributed by atoms with Crippen molar-refractivity contribution in [3.8, 4) is 0 Å². The van der Waals surface area contributed by atoms with Gasteiger partial charge in [0.1, 0.15) is 0 Å². The van der Waals surface area contributed by atoms with E-state index in [0.717, 1.165) is 0 Å². The summed E-state index contributed by atoms with van der Waals surface area (Å²) in [4.78, 5) is 21.8. The van der Waals surface area contributed by atoms with Crippen LogP contribution < -0.4 is 15.7 Å². The molecule has 2 N–H and O–H groups in total. The van der Waals surface area contributed by atoms with Gasteiger partial charge in [-0.3, -0.25) is 0 Å². The minimum Gasteiger partial charge on any atom is -0.548 e. The Labute approximate surface area is 89.0 Å². The largest absolute Gasteiger partial charge is 0.548 e. The highest BCUT2D eigenvalue weighted by atomic mass is 16.5. The van der Waals surface area contributed by atoms with Gasteiger partial charge in [-0.15, -0.1) is 0 Å². The van der Waals surface area contributed by atoms with Gasteiger partial charge in [-0.2, -0.15) is 0 Å². The highest BCUT2D eigenvalue weighted by Crippen LogP contribution is 1.99. The molecule has 2 amide bonds. The molecule has 0 heterocycles. The summed E-state index contributed by atoms with van der Waals surface area (Å²) < 4.78 is 4.72. The van der Waals surface area contributed by atoms with Gasteiger partial charge in [-0.25, -0.2) is 4.79 Å². The van der Waals surface area contributed by atoms with Crippen LogP contribution in [-0.4, -0.2) is 38.3 Å². The minimum absolute atomic E-state index is 0.219. The number of methoxy groups -OCH3 is 1. The van der Waals surface area contributed by atoms with Crippen LogP contribution in [0.4, 0.5) is 4.79 Å². The SMILES string of the molecule is COCCNC(=O)N[C@H](C(=O)[O-])C(C)C. The summed E-state index contributed by atoms with van der Waals surface area (Å²) in [6.45, 7) is 4.09. The maximum Gasteiger partial charge on any atom is 0.315 e. The van der Waals surface area contributed by atoms with Crippen LogP contribution in [-0.2, 0) is 9.53 Å². The molecule has 0 unspecified atom stereocenters. The van der Waals surface area contributed by atoms with Crippen LogP contribution in [0.25, 0.3) is 0 Å². The minimum atomic E-state index is -1.29. The first-order chi connectivity index (χ1) is 6.99. The number of aliphatic carboxylic acids is 1. The van der Waals surface area contributed by atoms with Crippen molar-refractivity contribution in [3.05, 3.63) is 0 Å². The molecule has 6 nitrogen and oxygen atoms in total. The second kappa shape index (κ2) is 7.05. The van der Waals surface area contributed by atoms with Crippen molar-refractivity contribution in [1.29, 1.82) is 0 Å². The molecule has 0 spiro atoms. The van der Waals surface area contributed by atoms with E-state index in [0.29, 0.717) is 13.2 Å². The lowest BCUT2D eigenvalue weighted by Gasteiger charge is -2.23. The summed E-state index contributed by atoms with van der Waals surface area (Å²) in [5.74, 6) is -1.50. The molecule has 0 fully saturated rings. The molecule has 0 aliphatic heterocycles. The normalized spacial score (nSPS) is 12.3. The van der Waals surface area contributed by atoms with E-state index in [1.54, 1.807) is 13.8 Å². The number of nitrogens with one attached hydrogen (secondary N) is 2. The van der Waals surface area contributed by atoms with E-state index < -0.39 is 18.0 Å². The summed E-state index contributed by atoms with van der Waals surface area (Å²) in [5.41, 5.74) is 0. The molecular weight excluding hydrogens is 200 g/mol. The number of hydrogen-bond acceptors (Lipinski definition) is 4. The Morgan fingerprint density at radius 2 is 2.00 bits per heavy atom. The van der Waals surface area contributed by atoms with Gasteiger partial charge >= 0.3 is 6.03 Å². The lowest BCUT2D eigenvalue weighted by atomic mass is 10.1. The fourth-order valence-electron chi connectivity index (χ4n) is 0.957. The predicted molar refractivity (Wildman–Crippen MR) is 52.0 cm³/mol. The molecule has 0 radical (unpaired) electrons. The molecule has 88 valence electrons. The molecule has 0 aliphatic rings. The van der Waals surface area contributed by atoms with E-state index in [1.165, 1.54) is 7.11 Å². The number of carboxylic acids is 1. The van der Waals surface area contributed by atoms with E-state index in [4.69, 9.17) is 4.74 Å². The zero-order chi connectivity index (χ0) is 11.8. The topological polar surface area (TPSA) is 90.5 Å². The smallest absolute Gasteiger partial charge is 0.315 e. The second-order valence-electron chi connectivity index (χ2n) is 3.43. The van der Waals surface area contributed by atoms with Crippen LogP contribution in [0, 0.1) is 5.92 Å². The van der Waals surface area contributed by atoms with Crippen molar-refractivity contribution >= 4 is 12.0 Å². The Hall–Kier alpha value is -1.30. The zero-order valence-electron chi connectivity index (χ0n) is 9.20. The third-order valence-electron chi connectivity index (χ3n) is 1.80. The molecule has 0 aromatic heterocycles. The first kappa shape index (κ1) is 13.7. The third-order valence-corrected chi connectivity index (χ3v) is 1.80. The van der Waals surface area contributed by atoms with E-state index in [9.17, 15) is 14.7 Å². The fourth-order valence-corrected chi connectivity index (χ4v) is 0.957. The van der Waals surface area contributed by atoms with Crippen LogP contribution >= 0.6 is 0 Å². The number of ether oxygens (including phenoxy) is 1. The van der Waals surface area contributed by atoms with Crippen LogP contribution in [0.1, 0.15) is 13.8 Å². The quantitative estimate of drug-likeness (QED) is 0.541. The van der Waals surface area contributed by atoms with Gasteiger partial charge in [0.2, 0.25) is 0 Å². The maximum absolute atomic E-state index is 11.2. The van der Waals surface area contributed by atoms with Gasteiger partial charge in [0, 0.05) is 13.7 Å². The van der Waals surface area contributed by atoms with Crippen LogP contribution in [0.15, 0.2) is 0 Å². The molecule has 0 aromatic rings. The van der Waals surface area contributed by atoms with Crippen LogP contribution in [0.3, 0.4) is 0 Å². The van der Waals surface area contributed by atoms with Crippen molar-refractivity contribution in [2.24, 2.45) is 5.92 Å². The van der Waals surface area contributed by atoms with Gasteiger partial charge < -0.3 is 25.3 Å². The average molecular weight is 217 g/mol. The van der Waals surface area contributed by atoms with Gasteiger partial charge in [-0.05, 0) is 5.92 Å². The van der Waals surface area contributed by atoms with Crippen molar-refractivity contribution in [1.82, 2.24) is 10.6 Å². The monoisotopic (exact) mass is 217 g/mol. The molecule has 0 saturated carbocycles. The Morgan fingerprint density at radius 3 is 2.40 bits per heavy atom. The number of hydrogen-bond donors (Lipinski definition) is 2. The van der Waals surface area contributed by atoms with Crippen molar-refractivity contribution in [3.63, 3.8) is 0 Å². The molecule has 0 bridgehead atoms. The van der Waals surface area contributed by atoms with Gasteiger partial charge in [0.05, 0.1) is 18.6 Å². The number of urea groups is 1. The van der Waals surface area contributed by atoms with E-state index in [-0.39, 0.29) is 5.92 Å². The van der Waals surface area contributed by atoms with Gasteiger partial charge in [0.25, 0.3) is 0 Å². The number of carboxylic acid groups (broad SMARTS) is 1. The molecule has 15 heavy (non-hydrogen) atoms. The van der Waals surface area contributed by atoms with Crippen LogP contribution in [0.2, 0.25) is 0 Å². The van der Waals surface area contributed by atoms with E-state index >= 15 is 0 Å². The first-order valence-electron chi connectivity index (χ1n) is 4.73. The fraction of sp³-hybridized carbons (Fsp3) is 0.778. The van der Waals surface area contributed by atoms with Crippen molar-refractivity contribution < 1.29 is 19.4 Å². The number of amides is 2. The summed E-state index contributed by atoms with van der Waals surface area (Å²) in [5, 5.41) is 15.4. The number of carbonyl (C=O) groups is 2. The van der Waals surface area contributed by atoms with E-state index in [1.807, 2.05) is 0 Å². The Morgan fingerprint density at radius 1 is 1.40 bits per heavy atom. The molecule has 1 atom stereocenters. The molecule has 0 aliphatic carbocycles. The van der Waals surface area contributed by atoms with Gasteiger partial charge in [0.15, 0.2) is 0 Å². The van der Waals surface area contributed by atoms with Crippen molar-refractivity contribution in [2.75, 3.05) is 20.3 Å². The zero-order valence-corrected chi connectivity index (χ0v) is 9.20. The first-order valence-corrected chi connectivity index (χ1v) is 4.73. The highest BCUT2D eigenvalue weighted by molar-refractivity contribution is 5.81. The summed E-state index contributed by atoms with van der Waals surface area (Å²) >= 11 is 0. The molecule has 6 heteroatoms. The Balaban J connectivity index is 3.95. The van der Waals surface area contributed by atoms with Crippen LogP contribution in [0.5, 0.6) is 0 Å². The lowest BCUT2D eigenvalue weighted by molar-refractivity contribution is -0.309. The Bertz CT molecular complexity index is 218. The second-order valence-corrected chi connectivity index (χ2v) is 3.43. The number of carbonyl (C=O) groups excluding carboxylic acids is 2. The summed E-state index contributed by atoms with van der Waals surface area (Å²) in [6.07, 6.45) is 0. The molecule has 0 saturated heterocycles. The average Bonchev–Trinajstić information content (AvgIpc) is 2.13. The molecular formula is C9H17N2O4-. The Kier molecular flexibility index (Phi) is 6.44. The molecule has 0 rings (SSSR count). The lowest BCUT2D eigenvalue weighted by Crippen LogP contribution is -2.53. The predicted octanol–water partition coefficient (Wildman–Crippen LogP) is -1.29. The number of rotatable bonds is 6. The molecule has 0 aromatic carbocycles. The van der Waals surface area contributed by atoms with Crippen molar-refractivity contribution in [2.45, 2.75) is 19.9 Å². The maximum atomic E-state index is 11.2. The summed E-state index contributed by atoms with van der Waals surface area (Å²) in [7, 11) is 1.51. The third kappa shape index (κ3) is 5.90. The standard InChI is InChI=1S/C9H18N2O4/c1-6(2)7(8(12)13)11-9(14)10-4-5-15-3/h6-7H,4-5H2,1-3H3,(H,12,13)(H2,10,11,14)/p-1/t7-/m0/s1. The van der Waals surface area contributed by atoms with Gasteiger partial charge in [-0.1, -0.05) is 13.8 Å².